The zero-order chi connectivity index (χ0) is 16.6. The molecule has 1 aromatic carbocycles. The molecule has 2 amide bonds. The summed E-state index contributed by atoms with van der Waals surface area (Å²) in [5, 5.41) is 0. The van der Waals surface area contributed by atoms with Gasteiger partial charge in [-0.3, -0.25) is 9.59 Å². The number of allylic oxidation sites excluding steroid dienone is 2. The predicted molar refractivity (Wildman–Crippen MR) is 86.8 cm³/mol. The van der Waals surface area contributed by atoms with E-state index in [-0.39, 0.29) is 40.9 Å². The Hall–Kier alpha value is -2.30. The second-order valence-corrected chi connectivity index (χ2v) is 7.27. The highest BCUT2D eigenvalue weighted by Crippen LogP contribution is 2.73. The largest absolute Gasteiger partial charge is 0.497 e. The molecule has 1 heterocycles. The molecule has 2 bridgehead atoms. The van der Waals surface area contributed by atoms with Gasteiger partial charge in [-0.25, -0.2) is 4.90 Å². The Morgan fingerprint density at radius 2 is 1.62 bits per heavy atom. The Labute approximate surface area is 140 Å². The van der Waals surface area contributed by atoms with Crippen molar-refractivity contribution in [2.75, 3.05) is 19.1 Å². The molecule has 0 aromatic heterocycles. The Kier molecular flexibility index (Phi) is 2.58. The van der Waals surface area contributed by atoms with Gasteiger partial charge in [0.2, 0.25) is 11.8 Å². The first-order chi connectivity index (χ1) is 11.6. The molecular weight excluding hydrogens is 306 g/mol. The molecule has 1 aromatic rings. The summed E-state index contributed by atoms with van der Waals surface area (Å²) < 4.78 is 10.6. The lowest BCUT2D eigenvalue weighted by atomic mass is 9.85. The number of amides is 2. The molecule has 4 aliphatic rings. The number of hydrogen-bond donors (Lipinski definition) is 0. The SMILES string of the molecule is COc1ccc(N2C(=O)[C@H]3[C@H](C2=O)[C@@H]2C=C[C@H]3C23CC3)c(OC)c1. The first-order valence-electron chi connectivity index (χ1n) is 8.40. The van der Waals surface area contributed by atoms with Crippen LogP contribution in [0.25, 0.3) is 0 Å². The summed E-state index contributed by atoms with van der Waals surface area (Å²) in [4.78, 5) is 27.6. The number of imide groups is 1. The molecule has 5 heteroatoms. The van der Waals surface area contributed by atoms with E-state index in [2.05, 4.69) is 12.2 Å². The van der Waals surface area contributed by atoms with E-state index in [1.807, 2.05) is 0 Å². The summed E-state index contributed by atoms with van der Waals surface area (Å²) in [5.41, 5.74) is 0.739. The smallest absolute Gasteiger partial charge is 0.238 e. The van der Waals surface area contributed by atoms with Crippen LogP contribution in [0.4, 0.5) is 5.69 Å². The summed E-state index contributed by atoms with van der Waals surface area (Å²) in [5.74, 6) is 1.05. The summed E-state index contributed by atoms with van der Waals surface area (Å²) >= 11 is 0. The number of nitrogens with zero attached hydrogens (tertiary/aromatic N) is 1. The lowest BCUT2D eigenvalue weighted by molar-refractivity contribution is -0.123. The number of fused-ring (bicyclic) bond motifs is 3. The number of hydrogen-bond acceptors (Lipinski definition) is 4. The van der Waals surface area contributed by atoms with Gasteiger partial charge in [0.15, 0.2) is 0 Å². The zero-order valence-corrected chi connectivity index (χ0v) is 13.7. The quantitative estimate of drug-likeness (QED) is 0.632. The van der Waals surface area contributed by atoms with Gasteiger partial charge < -0.3 is 9.47 Å². The van der Waals surface area contributed by atoms with Gasteiger partial charge in [0.05, 0.1) is 31.7 Å². The van der Waals surface area contributed by atoms with E-state index in [9.17, 15) is 9.59 Å². The molecule has 2 saturated carbocycles. The van der Waals surface area contributed by atoms with Crippen LogP contribution in [0, 0.1) is 29.1 Å². The fourth-order valence-electron chi connectivity index (χ4n) is 5.29. The highest BCUT2D eigenvalue weighted by Gasteiger charge is 2.73. The minimum atomic E-state index is -0.193. The Morgan fingerprint density at radius 1 is 1.00 bits per heavy atom. The monoisotopic (exact) mass is 325 g/mol. The number of anilines is 1. The van der Waals surface area contributed by atoms with E-state index in [1.165, 1.54) is 12.0 Å². The van der Waals surface area contributed by atoms with E-state index in [1.54, 1.807) is 25.3 Å². The average molecular weight is 325 g/mol. The van der Waals surface area contributed by atoms with Gasteiger partial charge in [-0.1, -0.05) is 12.2 Å². The van der Waals surface area contributed by atoms with Crippen LogP contribution in [-0.4, -0.2) is 26.0 Å². The van der Waals surface area contributed by atoms with Crippen LogP contribution in [0.15, 0.2) is 30.4 Å². The molecule has 0 unspecified atom stereocenters. The second-order valence-electron chi connectivity index (χ2n) is 7.27. The van der Waals surface area contributed by atoms with Crippen molar-refractivity contribution in [3.63, 3.8) is 0 Å². The van der Waals surface area contributed by atoms with Crippen molar-refractivity contribution in [3.8, 4) is 11.5 Å². The molecular formula is C19H19NO4. The maximum Gasteiger partial charge on any atom is 0.238 e. The molecule has 1 spiro atoms. The molecule has 3 aliphatic carbocycles. The molecule has 124 valence electrons. The van der Waals surface area contributed by atoms with Crippen LogP contribution in [0.1, 0.15) is 12.8 Å². The number of carbonyl (C=O) groups excluding carboxylic acids is 2. The normalized spacial score (nSPS) is 34.2. The highest BCUT2D eigenvalue weighted by molar-refractivity contribution is 6.23. The number of rotatable bonds is 3. The molecule has 3 fully saturated rings. The van der Waals surface area contributed by atoms with Crippen molar-refractivity contribution in [2.45, 2.75) is 12.8 Å². The fraction of sp³-hybridized carbons (Fsp3) is 0.474. The number of carbonyl (C=O) groups is 2. The minimum absolute atomic E-state index is 0.0726. The predicted octanol–water partition coefficient (Wildman–Crippen LogP) is 2.41. The van der Waals surface area contributed by atoms with Crippen molar-refractivity contribution in [2.24, 2.45) is 29.1 Å². The molecule has 5 rings (SSSR count). The van der Waals surface area contributed by atoms with Crippen LogP contribution in [0.2, 0.25) is 0 Å². The van der Waals surface area contributed by atoms with E-state index in [4.69, 9.17) is 9.47 Å². The van der Waals surface area contributed by atoms with Gasteiger partial charge >= 0.3 is 0 Å². The van der Waals surface area contributed by atoms with Crippen LogP contribution in [0.5, 0.6) is 11.5 Å². The van der Waals surface area contributed by atoms with Gasteiger partial charge in [-0.2, -0.15) is 0 Å². The van der Waals surface area contributed by atoms with Crippen molar-refractivity contribution in [3.05, 3.63) is 30.4 Å². The Balaban J connectivity index is 1.56. The average Bonchev–Trinajstić information content (AvgIpc) is 3.20. The second kappa shape index (κ2) is 4.41. The standard InChI is InChI=1S/C19H19NO4/c1-23-10-3-6-13(14(9-10)24-2)20-17(21)15-11-4-5-12(16(15)18(20)22)19(11)7-8-19/h3-6,9,11-12,15-16H,7-8H2,1-2H3/t11-,12+,15-,16-/m1/s1. The molecule has 24 heavy (non-hydrogen) atoms. The van der Waals surface area contributed by atoms with Gasteiger partial charge in [0, 0.05) is 6.07 Å². The third-order valence-corrected chi connectivity index (χ3v) is 6.48. The molecule has 4 atom stereocenters. The van der Waals surface area contributed by atoms with Gasteiger partial charge in [-0.05, 0) is 42.2 Å². The Morgan fingerprint density at radius 3 is 2.12 bits per heavy atom. The number of ether oxygens (including phenoxy) is 2. The van der Waals surface area contributed by atoms with Crippen LogP contribution in [0.3, 0.4) is 0 Å². The van der Waals surface area contributed by atoms with E-state index >= 15 is 0 Å². The summed E-state index contributed by atoms with van der Waals surface area (Å²) in [7, 11) is 3.11. The lowest BCUT2D eigenvalue weighted by Crippen LogP contribution is -2.35. The fourth-order valence-corrected chi connectivity index (χ4v) is 5.29. The van der Waals surface area contributed by atoms with Crippen molar-refractivity contribution in [1.29, 1.82) is 0 Å². The van der Waals surface area contributed by atoms with Crippen molar-refractivity contribution in [1.82, 2.24) is 0 Å². The zero-order valence-electron chi connectivity index (χ0n) is 13.7. The molecule has 0 radical (unpaired) electrons. The van der Waals surface area contributed by atoms with Gasteiger partial charge in [0.25, 0.3) is 0 Å². The van der Waals surface area contributed by atoms with E-state index in [0.717, 1.165) is 12.8 Å². The maximum absolute atomic E-state index is 13.1. The summed E-state index contributed by atoms with van der Waals surface area (Å²) in [6.45, 7) is 0. The molecule has 0 N–H and O–H groups in total. The van der Waals surface area contributed by atoms with E-state index in [0.29, 0.717) is 17.2 Å². The third-order valence-electron chi connectivity index (χ3n) is 6.48. The number of benzene rings is 1. The summed E-state index contributed by atoms with van der Waals surface area (Å²) in [6, 6.07) is 5.19. The van der Waals surface area contributed by atoms with Gasteiger partial charge in [0.1, 0.15) is 11.5 Å². The number of methoxy groups -OCH3 is 2. The topological polar surface area (TPSA) is 55.8 Å². The maximum atomic E-state index is 13.1. The van der Waals surface area contributed by atoms with Crippen molar-refractivity contribution >= 4 is 17.5 Å². The third kappa shape index (κ3) is 1.46. The minimum Gasteiger partial charge on any atom is -0.497 e. The summed E-state index contributed by atoms with van der Waals surface area (Å²) in [6.07, 6.45) is 6.65. The lowest BCUT2D eigenvalue weighted by Gasteiger charge is -2.23. The first kappa shape index (κ1) is 14.1. The molecule has 1 aliphatic heterocycles. The van der Waals surface area contributed by atoms with E-state index < -0.39 is 0 Å². The van der Waals surface area contributed by atoms with Gasteiger partial charge in [-0.15, -0.1) is 0 Å². The van der Waals surface area contributed by atoms with Crippen LogP contribution >= 0.6 is 0 Å². The highest BCUT2D eigenvalue weighted by atomic mass is 16.5. The van der Waals surface area contributed by atoms with Crippen molar-refractivity contribution < 1.29 is 19.1 Å². The van der Waals surface area contributed by atoms with Crippen LogP contribution < -0.4 is 14.4 Å². The molecule has 5 nitrogen and oxygen atoms in total. The molecule has 1 saturated heterocycles. The Bertz CT molecular complexity index is 761. The van der Waals surface area contributed by atoms with Crippen LogP contribution in [-0.2, 0) is 9.59 Å². The first-order valence-corrected chi connectivity index (χ1v) is 8.40.